The highest BCUT2D eigenvalue weighted by Crippen LogP contribution is 2.16. The van der Waals surface area contributed by atoms with Gasteiger partial charge in [0.1, 0.15) is 0 Å². The molecule has 0 heterocycles. The molecular formula is C14H17NO5S. The van der Waals surface area contributed by atoms with Crippen LogP contribution in [0.1, 0.15) is 20.8 Å². The molecule has 0 fully saturated rings. The van der Waals surface area contributed by atoms with Crippen molar-refractivity contribution in [2.75, 3.05) is 11.1 Å². The average Bonchev–Trinajstić information content (AvgIpc) is 2.46. The van der Waals surface area contributed by atoms with Crippen LogP contribution in [0, 0.1) is 0 Å². The third-order valence-corrected chi connectivity index (χ3v) is 4.83. The predicted octanol–water partition coefficient (Wildman–Crippen LogP) is 1.84. The molecule has 2 N–H and O–H groups in total. The zero-order chi connectivity index (χ0) is 16.2. The Morgan fingerprint density at radius 3 is 2.05 bits per heavy atom. The van der Waals surface area contributed by atoms with Crippen LogP contribution < -0.4 is 5.32 Å². The van der Waals surface area contributed by atoms with E-state index < -0.39 is 21.7 Å². The summed E-state index contributed by atoms with van der Waals surface area (Å²) in [5.41, 5.74) is 0.443. The first-order chi connectivity index (χ1) is 9.69. The lowest BCUT2D eigenvalue weighted by molar-refractivity contribution is -0.133. The van der Waals surface area contributed by atoms with Crippen molar-refractivity contribution in [1.29, 1.82) is 0 Å². The van der Waals surface area contributed by atoms with Crippen LogP contribution in [0.3, 0.4) is 0 Å². The SMILES string of the molecule is CCS(=O)(=O)c1ccc(NC(=O)C(C)=C(C)C(=O)O)cc1. The molecule has 0 saturated heterocycles. The monoisotopic (exact) mass is 311 g/mol. The lowest BCUT2D eigenvalue weighted by Crippen LogP contribution is -2.16. The first kappa shape index (κ1) is 16.9. The number of benzene rings is 1. The second-order valence-corrected chi connectivity index (χ2v) is 6.72. The highest BCUT2D eigenvalue weighted by Gasteiger charge is 2.14. The number of carbonyl (C=O) groups is 2. The van der Waals surface area contributed by atoms with Crippen LogP contribution in [0.25, 0.3) is 0 Å². The number of carboxylic acid groups (broad SMARTS) is 1. The summed E-state index contributed by atoms with van der Waals surface area (Å²) in [4.78, 5) is 22.8. The number of sulfone groups is 1. The van der Waals surface area contributed by atoms with Gasteiger partial charge in [-0.15, -0.1) is 0 Å². The number of anilines is 1. The van der Waals surface area contributed by atoms with E-state index in [1.165, 1.54) is 38.1 Å². The van der Waals surface area contributed by atoms with Gasteiger partial charge in [0.05, 0.1) is 10.6 Å². The molecule has 0 aliphatic rings. The molecule has 0 aromatic heterocycles. The minimum Gasteiger partial charge on any atom is -0.478 e. The van der Waals surface area contributed by atoms with Gasteiger partial charge in [0, 0.05) is 16.8 Å². The van der Waals surface area contributed by atoms with Gasteiger partial charge in [-0.3, -0.25) is 4.79 Å². The molecule has 7 heteroatoms. The van der Waals surface area contributed by atoms with Crippen LogP contribution in [0.2, 0.25) is 0 Å². The molecule has 114 valence electrons. The average molecular weight is 311 g/mol. The molecular weight excluding hydrogens is 294 g/mol. The first-order valence-corrected chi connectivity index (χ1v) is 7.89. The fraction of sp³-hybridized carbons (Fsp3) is 0.286. The summed E-state index contributed by atoms with van der Waals surface area (Å²) in [5.74, 6) is -1.70. The van der Waals surface area contributed by atoms with Gasteiger partial charge in [-0.1, -0.05) is 6.92 Å². The van der Waals surface area contributed by atoms with Crippen molar-refractivity contribution in [3.8, 4) is 0 Å². The van der Waals surface area contributed by atoms with E-state index in [9.17, 15) is 18.0 Å². The molecule has 0 saturated carbocycles. The molecule has 1 rings (SSSR count). The van der Waals surface area contributed by atoms with Crippen molar-refractivity contribution in [3.05, 3.63) is 35.4 Å². The van der Waals surface area contributed by atoms with Crippen molar-refractivity contribution in [1.82, 2.24) is 0 Å². The normalized spacial score (nSPS) is 12.5. The molecule has 6 nitrogen and oxygen atoms in total. The van der Waals surface area contributed by atoms with Gasteiger partial charge in [0.15, 0.2) is 9.84 Å². The Morgan fingerprint density at radius 1 is 1.10 bits per heavy atom. The van der Waals surface area contributed by atoms with Gasteiger partial charge in [0.2, 0.25) is 0 Å². The van der Waals surface area contributed by atoms with Crippen LogP contribution in [-0.2, 0) is 19.4 Å². The largest absolute Gasteiger partial charge is 0.478 e. The van der Waals surface area contributed by atoms with Crippen molar-refractivity contribution in [2.24, 2.45) is 0 Å². The van der Waals surface area contributed by atoms with Crippen LogP contribution in [0.4, 0.5) is 5.69 Å². The van der Waals surface area contributed by atoms with Gasteiger partial charge < -0.3 is 10.4 Å². The Kier molecular flexibility index (Phi) is 5.26. The molecule has 0 unspecified atom stereocenters. The minimum atomic E-state index is -3.28. The van der Waals surface area contributed by atoms with E-state index in [0.717, 1.165) is 0 Å². The topological polar surface area (TPSA) is 101 Å². The molecule has 0 spiro atoms. The van der Waals surface area contributed by atoms with E-state index in [-0.39, 0.29) is 21.8 Å². The number of hydrogen-bond acceptors (Lipinski definition) is 4. The zero-order valence-corrected chi connectivity index (χ0v) is 12.8. The number of amides is 1. The van der Waals surface area contributed by atoms with Crippen molar-refractivity contribution in [3.63, 3.8) is 0 Å². The number of aliphatic carboxylic acids is 1. The lowest BCUT2D eigenvalue weighted by atomic mass is 10.1. The van der Waals surface area contributed by atoms with Crippen molar-refractivity contribution < 1.29 is 23.1 Å². The minimum absolute atomic E-state index is 0.00163. The van der Waals surface area contributed by atoms with Gasteiger partial charge >= 0.3 is 5.97 Å². The molecule has 0 radical (unpaired) electrons. The van der Waals surface area contributed by atoms with Crippen LogP contribution in [0.5, 0.6) is 0 Å². The number of nitrogens with one attached hydrogen (secondary N) is 1. The summed E-state index contributed by atoms with van der Waals surface area (Å²) < 4.78 is 23.3. The fourth-order valence-electron chi connectivity index (χ4n) is 1.47. The lowest BCUT2D eigenvalue weighted by Gasteiger charge is -2.08. The summed E-state index contributed by atoms with van der Waals surface area (Å²) in [6.07, 6.45) is 0. The van der Waals surface area contributed by atoms with Crippen LogP contribution >= 0.6 is 0 Å². The Morgan fingerprint density at radius 2 is 1.62 bits per heavy atom. The van der Waals surface area contributed by atoms with Crippen molar-refractivity contribution in [2.45, 2.75) is 25.7 Å². The highest BCUT2D eigenvalue weighted by molar-refractivity contribution is 7.91. The van der Waals surface area contributed by atoms with E-state index in [4.69, 9.17) is 5.11 Å². The van der Waals surface area contributed by atoms with Crippen LogP contribution in [-0.4, -0.2) is 31.2 Å². The van der Waals surface area contributed by atoms with E-state index in [2.05, 4.69) is 5.32 Å². The predicted molar refractivity (Wildman–Crippen MR) is 78.8 cm³/mol. The molecule has 0 aliphatic carbocycles. The first-order valence-electron chi connectivity index (χ1n) is 6.24. The molecule has 1 amide bonds. The summed E-state index contributed by atoms with van der Waals surface area (Å²) in [7, 11) is -3.28. The summed E-state index contributed by atoms with van der Waals surface area (Å²) >= 11 is 0. The number of rotatable bonds is 5. The molecule has 0 aliphatic heterocycles. The summed E-state index contributed by atoms with van der Waals surface area (Å²) in [5, 5.41) is 11.3. The van der Waals surface area contributed by atoms with Crippen molar-refractivity contribution >= 4 is 27.4 Å². The molecule has 1 aromatic carbocycles. The van der Waals surface area contributed by atoms with Gasteiger partial charge in [0.25, 0.3) is 5.91 Å². The maximum atomic E-state index is 11.8. The third-order valence-electron chi connectivity index (χ3n) is 3.08. The van der Waals surface area contributed by atoms with Crippen LogP contribution in [0.15, 0.2) is 40.3 Å². The summed E-state index contributed by atoms with van der Waals surface area (Å²) in [6.45, 7) is 4.30. The standard InChI is InChI=1S/C14H17NO5S/c1-4-21(19,20)12-7-5-11(6-8-12)15-13(16)9(2)10(3)14(17)18/h5-8H,4H2,1-3H3,(H,15,16)(H,17,18). The van der Waals surface area contributed by atoms with E-state index >= 15 is 0 Å². The third kappa shape index (κ3) is 4.16. The molecule has 0 atom stereocenters. The van der Waals surface area contributed by atoms with E-state index in [1.54, 1.807) is 6.92 Å². The summed E-state index contributed by atoms with van der Waals surface area (Å²) in [6, 6.07) is 5.72. The number of hydrogen-bond donors (Lipinski definition) is 2. The second kappa shape index (κ2) is 6.53. The van der Waals surface area contributed by atoms with E-state index in [0.29, 0.717) is 5.69 Å². The molecule has 0 bridgehead atoms. The highest BCUT2D eigenvalue weighted by atomic mass is 32.2. The van der Waals surface area contributed by atoms with E-state index in [1.807, 2.05) is 0 Å². The quantitative estimate of drug-likeness (QED) is 0.808. The zero-order valence-electron chi connectivity index (χ0n) is 12.0. The fourth-order valence-corrected chi connectivity index (χ4v) is 2.35. The maximum Gasteiger partial charge on any atom is 0.331 e. The Balaban J connectivity index is 2.94. The van der Waals surface area contributed by atoms with Gasteiger partial charge in [-0.25, -0.2) is 13.2 Å². The Hall–Kier alpha value is -2.15. The molecule has 21 heavy (non-hydrogen) atoms. The maximum absolute atomic E-state index is 11.8. The number of carboxylic acids is 1. The number of carbonyl (C=O) groups excluding carboxylic acids is 1. The smallest absolute Gasteiger partial charge is 0.331 e. The van der Waals surface area contributed by atoms with Gasteiger partial charge in [-0.2, -0.15) is 0 Å². The van der Waals surface area contributed by atoms with Gasteiger partial charge in [-0.05, 0) is 38.1 Å². The Bertz CT molecular complexity index is 687. The second-order valence-electron chi connectivity index (χ2n) is 4.44. The molecule has 1 aromatic rings. The Labute approximate surface area is 123 Å².